The van der Waals surface area contributed by atoms with Gasteiger partial charge in [-0.3, -0.25) is 9.67 Å². The summed E-state index contributed by atoms with van der Waals surface area (Å²) in [6.45, 7) is 3.98. The number of nitrogens with one attached hydrogen (secondary N) is 1. The van der Waals surface area contributed by atoms with Crippen molar-refractivity contribution < 1.29 is 0 Å². The van der Waals surface area contributed by atoms with E-state index in [9.17, 15) is 0 Å². The normalized spacial score (nSPS) is 13.2. The lowest BCUT2D eigenvalue weighted by Crippen LogP contribution is -2.40. The van der Waals surface area contributed by atoms with Crippen LogP contribution in [0, 0.1) is 5.92 Å². The lowest BCUT2D eigenvalue weighted by Gasteiger charge is -2.23. The van der Waals surface area contributed by atoms with E-state index in [1.165, 1.54) is 10.4 Å². The van der Waals surface area contributed by atoms with Gasteiger partial charge >= 0.3 is 0 Å². The van der Waals surface area contributed by atoms with Crippen LogP contribution >= 0.6 is 11.3 Å². The standard InChI is InChI=1S/C16H25N5S/c1-13(8-15-6-5-7-22-15)9-18-16(17-2)20(3)11-14-10-19-21(4)12-14/h5-7,10,12-13H,8-9,11H2,1-4H3,(H,17,18). The van der Waals surface area contributed by atoms with Gasteiger partial charge in [-0.15, -0.1) is 11.3 Å². The van der Waals surface area contributed by atoms with Crippen LogP contribution in [0.3, 0.4) is 0 Å². The summed E-state index contributed by atoms with van der Waals surface area (Å²) >= 11 is 1.82. The highest BCUT2D eigenvalue weighted by Crippen LogP contribution is 2.13. The molecule has 2 aromatic rings. The highest BCUT2D eigenvalue weighted by atomic mass is 32.1. The van der Waals surface area contributed by atoms with Crippen molar-refractivity contribution >= 4 is 17.3 Å². The summed E-state index contributed by atoms with van der Waals surface area (Å²) in [5, 5.41) is 9.80. The number of hydrogen-bond donors (Lipinski definition) is 1. The molecule has 0 amide bonds. The van der Waals surface area contributed by atoms with Gasteiger partial charge < -0.3 is 10.2 Å². The molecule has 0 aliphatic rings. The zero-order chi connectivity index (χ0) is 15.9. The Kier molecular flexibility index (Phi) is 6.00. The smallest absolute Gasteiger partial charge is 0.193 e. The van der Waals surface area contributed by atoms with Crippen LogP contribution in [0.25, 0.3) is 0 Å². The van der Waals surface area contributed by atoms with Gasteiger partial charge in [0.15, 0.2) is 5.96 Å². The fraction of sp³-hybridized carbons (Fsp3) is 0.500. The van der Waals surface area contributed by atoms with Crippen LogP contribution in [0.15, 0.2) is 34.9 Å². The van der Waals surface area contributed by atoms with Gasteiger partial charge in [-0.1, -0.05) is 13.0 Å². The Hall–Kier alpha value is -1.82. The molecule has 0 fully saturated rings. The lowest BCUT2D eigenvalue weighted by atomic mass is 10.1. The molecule has 0 saturated heterocycles. The molecule has 0 aliphatic heterocycles. The number of hydrogen-bond acceptors (Lipinski definition) is 3. The number of aliphatic imine (C=N–C) groups is 1. The Morgan fingerprint density at radius 1 is 1.55 bits per heavy atom. The van der Waals surface area contributed by atoms with Crippen LogP contribution in [0.4, 0.5) is 0 Å². The van der Waals surface area contributed by atoms with E-state index in [0.29, 0.717) is 5.92 Å². The topological polar surface area (TPSA) is 45.5 Å². The summed E-state index contributed by atoms with van der Waals surface area (Å²) in [7, 11) is 5.81. The van der Waals surface area contributed by atoms with Crippen LogP contribution in [-0.4, -0.2) is 41.3 Å². The zero-order valence-corrected chi connectivity index (χ0v) is 14.6. The highest BCUT2D eigenvalue weighted by molar-refractivity contribution is 7.09. The van der Waals surface area contributed by atoms with Crippen LogP contribution < -0.4 is 5.32 Å². The van der Waals surface area contributed by atoms with Crippen molar-refractivity contribution in [1.29, 1.82) is 0 Å². The van der Waals surface area contributed by atoms with Gasteiger partial charge in [-0.05, 0) is 23.8 Å². The van der Waals surface area contributed by atoms with Crippen molar-refractivity contribution in [3.8, 4) is 0 Å². The Bertz CT molecular complexity index is 587. The van der Waals surface area contributed by atoms with Gasteiger partial charge in [0.05, 0.1) is 6.20 Å². The van der Waals surface area contributed by atoms with Gasteiger partial charge in [0, 0.05) is 50.9 Å². The SMILES string of the molecule is CN=C(NCC(C)Cc1cccs1)N(C)Cc1cnn(C)c1. The van der Waals surface area contributed by atoms with Gasteiger partial charge in [-0.2, -0.15) is 5.10 Å². The Balaban J connectivity index is 1.81. The molecule has 0 aliphatic carbocycles. The molecule has 0 spiro atoms. The first-order chi connectivity index (χ1) is 10.6. The second kappa shape index (κ2) is 7.98. The molecule has 120 valence electrons. The number of nitrogens with zero attached hydrogens (tertiary/aromatic N) is 4. The van der Waals surface area contributed by atoms with Crippen LogP contribution in [-0.2, 0) is 20.0 Å². The van der Waals surface area contributed by atoms with Gasteiger partial charge in [0.1, 0.15) is 0 Å². The second-order valence-electron chi connectivity index (χ2n) is 5.70. The molecule has 2 aromatic heterocycles. The first kappa shape index (κ1) is 16.5. The van der Waals surface area contributed by atoms with E-state index in [0.717, 1.165) is 25.5 Å². The monoisotopic (exact) mass is 319 g/mol. The van der Waals surface area contributed by atoms with Crippen molar-refractivity contribution in [1.82, 2.24) is 20.0 Å². The van der Waals surface area contributed by atoms with Crippen molar-refractivity contribution in [3.63, 3.8) is 0 Å². The number of aromatic nitrogens is 2. The van der Waals surface area contributed by atoms with Crippen molar-refractivity contribution in [2.45, 2.75) is 19.9 Å². The van der Waals surface area contributed by atoms with Crippen molar-refractivity contribution in [2.24, 2.45) is 18.0 Å². The predicted molar refractivity (Wildman–Crippen MR) is 93.2 cm³/mol. The average molecular weight is 319 g/mol. The summed E-state index contributed by atoms with van der Waals surface area (Å²) in [4.78, 5) is 7.92. The minimum atomic E-state index is 0.571. The largest absolute Gasteiger partial charge is 0.356 e. The van der Waals surface area contributed by atoms with Crippen LogP contribution in [0.1, 0.15) is 17.4 Å². The number of rotatable bonds is 6. The van der Waals surface area contributed by atoms with E-state index >= 15 is 0 Å². The molecule has 6 heteroatoms. The van der Waals surface area contributed by atoms with E-state index in [2.05, 4.69) is 44.7 Å². The fourth-order valence-corrected chi connectivity index (χ4v) is 3.27. The molecule has 1 unspecified atom stereocenters. The van der Waals surface area contributed by atoms with Crippen molar-refractivity contribution in [3.05, 3.63) is 40.3 Å². The Morgan fingerprint density at radius 3 is 2.95 bits per heavy atom. The molecule has 2 rings (SSSR count). The summed E-state index contributed by atoms with van der Waals surface area (Å²) in [6, 6.07) is 4.31. The molecule has 2 heterocycles. The summed E-state index contributed by atoms with van der Waals surface area (Å²) in [5.41, 5.74) is 1.18. The number of aryl methyl sites for hydroxylation is 1. The van der Waals surface area contributed by atoms with E-state index in [-0.39, 0.29) is 0 Å². The summed E-state index contributed by atoms with van der Waals surface area (Å²) < 4.78 is 1.82. The third kappa shape index (κ3) is 4.87. The highest BCUT2D eigenvalue weighted by Gasteiger charge is 2.10. The maximum absolute atomic E-state index is 4.37. The van der Waals surface area contributed by atoms with Crippen LogP contribution in [0.5, 0.6) is 0 Å². The average Bonchev–Trinajstić information content (AvgIpc) is 3.11. The Morgan fingerprint density at radius 2 is 2.36 bits per heavy atom. The third-order valence-corrected chi connectivity index (χ3v) is 4.39. The summed E-state index contributed by atoms with van der Waals surface area (Å²) in [5.74, 6) is 1.49. The Labute approximate surface area is 136 Å². The second-order valence-corrected chi connectivity index (χ2v) is 6.73. The predicted octanol–water partition coefficient (Wildman–Crippen LogP) is 2.37. The maximum atomic E-state index is 4.37. The number of thiophene rings is 1. The molecule has 22 heavy (non-hydrogen) atoms. The quantitative estimate of drug-likeness (QED) is 0.657. The molecule has 0 aromatic carbocycles. The fourth-order valence-electron chi connectivity index (χ4n) is 2.40. The van der Waals surface area contributed by atoms with Gasteiger partial charge in [0.25, 0.3) is 0 Å². The zero-order valence-electron chi connectivity index (χ0n) is 13.8. The molecule has 5 nitrogen and oxygen atoms in total. The van der Waals surface area contributed by atoms with Gasteiger partial charge in [0.2, 0.25) is 0 Å². The van der Waals surface area contributed by atoms with Crippen molar-refractivity contribution in [2.75, 3.05) is 20.6 Å². The third-order valence-electron chi connectivity index (χ3n) is 3.49. The molecule has 1 atom stereocenters. The molecule has 0 saturated carbocycles. The molecular weight excluding hydrogens is 294 g/mol. The minimum absolute atomic E-state index is 0.571. The molecule has 1 N–H and O–H groups in total. The van der Waals surface area contributed by atoms with E-state index in [4.69, 9.17) is 0 Å². The number of guanidine groups is 1. The minimum Gasteiger partial charge on any atom is -0.356 e. The van der Waals surface area contributed by atoms with E-state index in [1.807, 2.05) is 49.6 Å². The van der Waals surface area contributed by atoms with Crippen LogP contribution in [0.2, 0.25) is 0 Å². The van der Waals surface area contributed by atoms with E-state index < -0.39 is 0 Å². The maximum Gasteiger partial charge on any atom is 0.193 e. The molecule has 0 bridgehead atoms. The first-order valence-corrected chi connectivity index (χ1v) is 8.38. The molecular formula is C16H25N5S. The van der Waals surface area contributed by atoms with Gasteiger partial charge in [-0.25, -0.2) is 0 Å². The lowest BCUT2D eigenvalue weighted by molar-refractivity contribution is 0.462. The van der Waals surface area contributed by atoms with E-state index in [1.54, 1.807) is 0 Å². The first-order valence-electron chi connectivity index (χ1n) is 7.50. The summed E-state index contributed by atoms with van der Waals surface area (Å²) in [6.07, 6.45) is 5.03. The molecule has 0 radical (unpaired) electrons.